The van der Waals surface area contributed by atoms with Crippen molar-refractivity contribution in [2.45, 2.75) is 37.8 Å². The van der Waals surface area contributed by atoms with Gasteiger partial charge in [0.15, 0.2) is 23.3 Å². The minimum atomic E-state index is -1.45. The van der Waals surface area contributed by atoms with E-state index in [0.29, 0.717) is 12.1 Å². The van der Waals surface area contributed by atoms with Crippen molar-refractivity contribution < 1.29 is 31.8 Å². The van der Waals surface area contributed by atoms with Gasteiger partial charge in [0, 0.05) is 24.2 Å². The zero-order valence-electron chi connectivity index (χ0n) is 15.8. The zero-order chi connectivity index (χ0) is 23.3. The van der Waals surface area contributed by atoms with Crippen LogP contribution in [0.15, 0.2) is 24.3 Å². The lowest BCUT2D eigenvalue weighted by Crippen LogP contribution is -2.05. The van der Waals surface area contributed by atoms with E-state index in [9.17, 15) is 42.2 Å². The van der Waals surface area contributed by atoms with E-state index in [4.69, 9.17) is 5.73 Å². The zero-order valence-corrected chi connectivity index (χ0v) is 15.8. The first kappa shape index (κ1) is 23.9. The summed E-state index contributed by atoms with van der Waals surface area (Å²) in [6.07, 6.45) is 4.33. The second kappa shape index (κ2) is 10.1. The molecule has 4 rings (SSSR count). The highest BCUT2D eigenvalue weighted by Gasteiger charge is 2.26. The summed E-state index contributed by atoms with van der Waals surface area (Å²) in [6.45, 7) is 0. The molecule has 0 amide bonds. The second-order valence-electron chi connectivity index (χ2n) is 6.77. The third-order valence-electron chi connectivity index (χ3n) is 3.98. The minimum absolute atomic E-state index is 0.0430. The molecule has 2 aliphatic rings. The summed E-state index contributed by atoms with van der Waals surface area (Å²) in [5.74, 6) is -6.56. The number of anilines is 1. The van der Waals surface area contributed by atoms with E-state index in [1.807, 2.05) is 0 Å². The van der Waals surface area contributed by atoms with E-state index in [1.165, 1.54) is 12.8 Å². The van der Waals surface area contributed by atoms with Gasteiger partial charge in [-0.3, -0.25) is 20.2 Å². The Bertz CT molecular complexity index is 984. The van der Waals surface area contributed by atoms with Crippen molar-refractivity contribution in [1.29, 1.82) is 0 Å². The number of nitro benzene ring substituents is 2. The Morgan fingerprint density at radius 2 is 1.16 bits per heavy atom. The Morgan fingerprint density at radius 1 is 0.742 bits per heavy atom. The van der Waals surface area contributed by atoms with Gasteiger partial charge in [0.2, 0.25) is 5.82 Å². The van der Waals surface area contributed by atoms with E-state index in [2.05, 4.69) is 5.32 Å². The maximum atomic E-state index is 12.9. The van der Waals surface area contributed by atoms with Crippen molar-refractivity contribution in [3.05, 3.63) is 73.6 Å². The molecule has 2 saturated carbocycles. The van der Waals surface area contributed by atoms with Crippen LogP contribution in [0, 0.1) is 49.3 Å². The molecule has 0 aromatic heterocycles. The van der Waals surface area contributed by atoms with Crippen molar-refractivity contribution in [2.75, 3.05) is 5.32 Å². The van der Waals surface area contributed by atoms with Crippen LogP contribution in [0.4, 0.5) is 39.0 Å². The van der Waals surface area contributed by atoms with Gasteiger partial charge in [-0.15, -0.1) is 0 Å². The van der Waals surface area contributed by atoms with E-state index in [0.717, 1.165) is 18.9 Å². The fourth-order valence-electron chi connectivity index (χ4n) is 2.00. The number of halogens is 5. The van der Waals surface area contributed by atoms with Crippen LogP contribution in [0.3, 0.4) is 0 Å². The normalized spacial score (nSPS) is 14.5. The molecule has 0 unspecified atom stereocenters. The van der Waals surface area contributed by atoms with Crippen molar-refractivity contribution in [3.63, 3.8) is 0 Å². The van der Waals surface area contributed by atoms with Crippen LogP contribution < -0.4 is 11.1 Å². The molecule has 0 bridgehead atoms. The SMILES string of the molecule is NC1CC1.O=[N+]([O-])c1cc(F)c(F)cc1F.O=[N+]([O-])c1cc(F)c(F)cc1NC1CC1. The monoisotopic (exact) mass is 448 g/mol. The van der Waals surface area contributed by atoms with Gasteiger partial charge in [0.25, 0.3) is 5.69 Å². The van der Waals surface area contributed by atoms with Crippen LogP contribution in [0.1, 0.15) is 25.7 Å². The molecule has 13 heteroatoms. The number of nitrogens with two attached hydrogens (primary N) is 1. The average molecular weight is 448 g/mol. The van der Waals surface area contributed by atoms with Gasteiger partial charge < -0.3 is 11.1 Å². The standard InChI is InChI=1S/C9H8F2N2O2.C6H2F3NO2.C3H7N/c10-6-3-8(12-5-1-2-5)9(13(14)15)4-7(6)11;7-3-1-5(9)6(10(11)12)2-4(3)8;4-3-1-2-3/h3-5,12H,1-2H2;1-2H;3H,1-2,4H2. The average Bonchev–Trinajstić information content (AvgIpc) is 3.60. The van der Waals surface area contributed by atoms with Crippen LogP contribution >= 0.6 is 0 Å². The van der Waals surface area contributed by atoms with E-state index >= 15 is 0 Å². The predicted molar refractivity (Wildman–Crippen MR) is 99.8 cm³/mol. The van der Waals surface area contributed by atoms with E-state index in [1.54, 1.807) is 0 Å². The van der Waals surface area contributed by atoms with Gasteiger partial charge in [0.1, 0.15) is 5.69 Å². The van der Waals surface area contributed by atoms with Crippen molar-refractivity contribution in [2.24, 2.45) is 5.73 Å². The number of nitrogens with zero attached hydrogens (tertiary/aromatic N) is 2. The van der Waals surface area contributed by atoms with Gasteiger partial charge in [0.05, 0.1) is 22.0 Å². The van der Waals surface area contributed by atoms with Crippen LogP contribution in [-0.2, 0) is 0 Å². The molecule has 31 heavy (non-hydrogen) atoms. The van der Waals surface area contributed by atoms with Crippen LogP contribution in [-0.4, -0.2) is 21.9 Å². The smallest absolute Gasteiger partial charge is 0.307 e. The maximum absolute atomic E-state index is 12.9. The van der Waals surface area contributed by atoms with E-state index < -0.39 is 50.3 Å². The quantitative estimate of drug-likeness (QED) is 0.306. The lowest BCUT2D eigenvalue weighted by atomic mass is 10.2. The van der Waals surface area contributed by atoms with Crippen LogP contribution in [0.5, 0.6) is 0 Å². The molecule has 0 saturated heterocycles. The lowest BCUT2D eigenvalue weighted by Gasteiger charge is -2.05. The Hall–Kier alpha value is -3.35. The first-order valence-corrected chi connectivity index (χ1v) is 8.94. The van der Waals surface area contributed by atoms with Crippen LogP contribution in [0.2, 0.25) is 0 Å². The Morgan fingerprint density at radius 3 is 1.58 bits per heavy atom. The highest BCUT2D eigenvalue weighted by Crippen LogP contribution is 2.32. The molecule has 0 heterocycles. The van der Waals surface area contributed by atoms with Crippen molar-refractivity contribution in [1.82, 2.24) is 0 Å². The Kier molecular flexibility index (Phi) is 7.80. The molecule has 2 fully saturated rings. The summed E-state index contributed by atoms with van der Waals surface area (Å²) >= 11 is 0. The summed E-state index contributed by atoms with van der Waals surface area (Å²) in [6, 6.07) is 2.48. The third kappa shape index (κ3) is 7.44. The number of benzene rings is 2. The molecule has 2 aliphatic carbocycles. The largest absolute Gasteiger partial charge is 0.377 e. The molecule has 3 N–H and O–H groups in total. The maximum Gasteiger partial charge on any atom is 0.307 e. The molecule has 0 radical (unpaired) electrons. The molecule has 0 atom stereocenters. The summed E-state index contributed by atoms with van der Waals surface area (Å²) in [5, 5.41) is 23.3. The van der Waals surface area contributed by atoms with Gasteiger partial charge in [-0.25, -0.2) is 17.6 Å². The second-order valence-corrected chi connectivity index (χ2v) is 6.77. The molecule has 8 nitrogen and oxygen atoms in total. The molecule has 168 valence electrons. The number of hydrogen-bond donors (Lipinski definition) is 2. The number of nitro groups is 2. The van der Waals surface area contributed by atoms with Gasteiger partial charge in [-0.2, -0.15) is 4.39 Å². The molecular weight excluding hydrogens is 431 g/mol. The number of hydrogen-bond acceptors (Lipinski definition) is 6. The summed E-state index contributed by atoms with van der Waals surface area (Å²) < 4.78 is 62.5. The first-order valence-electron chi connectivity index (χ1n) is 8.94. The van der Waals surface area contributed by atoms with Gasteiger partial charge in [-0.1, -0.05) is 0 Å². The lowest BCUT2D eigenvalue weighted by molar-refractivity contribution is -0.387. The number of nitrogens with one attached hydrogen (secondary N) is 1. The summed E-state index contributed by atoms with van der Waals surface area (Å²) in [7, 11) is 0. The highest BCUT2D eigenvalue weighted by molar-refractivity contribution is 5.62. The predicted octanol–water partition coefficient (Wildman–Crippen LogP) is 4.57. The fourth-order valence-corrected chi connectivity index (χ4v) is 2.00. The molecule has 0 aliphatic heterocycles. The Balaban J connectivity index is 0.000000190. The molecule has 0 spiro atoms. The van der Waals surface area contributed by atoms with Crippen molar-refractivity contribution in [3.8, 4) is 0 Å². The summed E-state index contributed by atoms with van der Waals surface area (Å²) in [4.78, 5) is 18.7. The number of rotatable bonds is 4. The Labute approximate surface area is 172 Å². The highest BCUT2D eigenvalue weighted by atomic mass is 19.2. The van der Waals surface area contributed by atoms with Gasteiger partial charge in [-0.05, 0) is 25.7 Å². The molecule has 2 aromatic rings. The van der Waals surface area contributed by atoms with E-state index in [-0.39, 0.29) is 23.9 Å². The van der Waals surface area contributed by atoms with Crippen molar-refractivity contribution >= 4 is 17.1 Å². The first-order chi connectivity index (χ1) is 14.5. The third-order valence-corrected chi connectivity index (χ3v) is 3.98. The van der Waals surface area contributed by atoms with Gasteiger partial charge >= 0.3 is 5.69 Å². The molecular formula is C18H17F5N4O4. The molecule has 2 aromatic carbocycles. The fraction of sp³-hybridized carbons (Fsp3) is 0.333. The topological polar surface area (TPSA) is 124 Å². The van der Waals surface area contributed by atoms with Crippen LogP contribution in [0.25, 0.3) is 0 Å². The minimum Gasteiger partial charge on any atom is -0.377 e. The summed E-state index contributed by atoms with van der Waals surface area (Å²) in [5.41, 5.74) is 3.76.